The van der Waals surface area contributed by atoms with Crippen LogP contribution in [-0.2, 0) is 16.6 Å². The number of nitrogens with one attached hydrogen (secondary N) is 2. The molecular weight excluding hydrogens is 606 g/mol. The summed E-state index contributed by atoms with van der Waals surface area (Å²) in [5.41, 5.74) is 4.96. The number of methoxy groups -OCH3 is 1. The minimum Gasteiger partial charge on any atom is -0.465 e. The number of aromatic nitrogens is 2. The van der Waals surface area contributed by atoms with Gasteiger partial charge in [-0.25, -0.2) is 19.1 Å². The molecule has 10 nitrogen and oxygen atoms in total. The fourth-order valence-electron chi connectivity index (χ4n) is 6.79. The lowest BCUT2D eigenvalue weighted by molar-refractivity contribution is 0.0600. The normalized spacial score (nSPS) is 18.7. The van der Waals surface area contributed by atoms with Crippen molar-refractivity contribution in [3.8, 4) is 11.4 Å². The molecule has 3 heterocycles. The highest BCUT2D eigenvalue weighted by atomic mass is 16.6. The van der Waals surface area contributed by atoms with Crippen LogP contribution in [0, 0.1) is 12.8 Å². The molecule has 0 spiro atoms. The fraction of sp³-hybridized carbons (Fsp3) is 0.368. The van der Waals surface area contributed by atoms with Gasteiger partial charge in [0.05, 0.1) is 24.1 Å². The van der Waals surface area contributed by atoms with E-state index in [4.69, 9.17) is 14.6 Å². The van der Waals surface area contributed by atoms with Crippen LogP contribution in [0.3, 0.4) is 0 Å². The van der Waals surface area contributed by atoms with Gasteiger partial charge in [0.25, 0.3) is 0 Å². The Morgan fingerprint density at radius 2 is 1.58 bits per heavy atom. The number of carbonyl (C=O) groups is 3. The summed E-state index contributed by atoms with van der Waals surface area (Å²) in [6.45, 7) is 8.33. The highest BCUT2D eigenvalue weighted by Gasteiger charge is 2.44. The summed E-state index contributed by atoms with van der Waals surface area (Å²) in [6, 6.07) is 24.2. The second-order valence-electron chi connectivity index (χ2n) is 13.9. The van der Waals surface area contributed by atoms with E-state index < -0.39 is 5.97 Å². The van der Waals surface area contributed by atoms with Crippen LogP contribution in [0.4, 0.5) is 21.1 Å². The summed E-state index contributed by atoms with van der Waals surface area (Å²) in [4.78, 5) is 40.0. The number of ether oxygens (including phenoxy) is 2. The number of amides is 3. The number of esters is 1. The lowest BCUT2D eigenvalue weighted by Gasteiger charge is -2.38. The Hall–Kier alpha value is -5.12. The molecule has 6 rings (SSSR count). The topological polar surface area (TPSA) is 115 Å². The number of anilines is 2. The summed E-state index contributed by atoms with van der Waals surface area (Å²) >= 11 is 0. The molecule has 2 N–H and O–H groups in total. The smallest absolute Gasteiger partial charge is 0.415 e. The average Bonchev–Trinajstić information content (AvgIpc) is 3.60. The lowest BCUT2D eigenvalue weighted by atomic mass is 9.86. The molecule has 2 atom stereocenters. The van der Waals surface area contributed by atoms with Gasteiger partial charge in [0.15, 0.2) is 0 Å². The zero-order valence-corrected chi connectivity index (χ0v) is 28.2. The van der Waals surface area contributed by atoms with E-state index in [1.807, 2.05) is 60.4 Å². The van der Waals surface area contributed by atoms with Crippen LogP contribution >= 0.6 is 0 Å². The molecule has 4 aromatic rings. The van der Waals surface area contributed by atoms with Gasteiger partial charge in [-0.2, -0.15) is 5.10 Å². The molecular formula is C38H43N5O5. The number of benzene rings is 3. The number of nitrogens with zero attached hydrogens (tertiary/aromatic N) is 3. The zero-order valence-electron chi connectivity index (χ0n) is 28.2. The van der Waals surface area contributed by atoms with Gasteiger partial charge in [0.2, 0.25) is 0 Å². The van der Waals surface area contributed by atoms with E-state index >= 15 is 0 Å². The molecule has 2 unspecified atom stereocenters. The summed E-state index contributed by atoms with van der Waals surface area (Å²) in [5.74, 6) is 0.970. The van der Waals surface area contributed by atoms with Crippen molar-refractivity contribution in [2.75, 3.05) is 17.7 Å². The first-order valence-electron chi connectivity index (χ1n) is 16.5. The van der Waals surface area contributed by atoms with Gasteiger partial charge in [0, 0.05) is 29.3 Å². The van der Waals surface area contributed by atoms with Crippen LogP contribution in [0.15, 0.2) is 78.9 Å². The second-order valence-corrected chi connectivity index (χ2v) is 13.9. The first-order valence-corrected chi connectivity index (χ1v) is 16.5. The Kier molecular flexibility index (Phi) is 9.26. The maximum absolute atomic E-state index is 13.2. The third kappa shape index (κ3) is 7.38. The average molecular weight is 650 g/mol. The predicted octanol–water partition coefficient (Wildman–Crippen LogP) is 7.89. The number of hydrogen-bond donors (Lipinski definition) is 2. The van der Waals surface area contributed by atoms with Gasteiger partial charge in [-0.3, -0.25) is 5.32 Å². The van der Waals surface area contributed by atoms with Crippen LogP contribution in [0.2, 0.25) is 0 Å². The van der Waals surface area contributed by atoms with Gasteiger partial charge in [-0.15, -0.1) is 0 Å². The maximum atomic E-state index is 13.2. The largest absolute Gasteiger partial charge is 0.465 e. The minimum absolute atomic E-state index is 0.124. The molecule has 48 heavy (non-hydrogen) atoms. The molecule has 3 amide bonds. The minimum atomic E-state index is -0.436. The van der Waals surface area contributed by atoms with Crippen molar-refractivity contribution in [2.45, 2.75) is 77.3 Å². The predicted molar refractivity (Wildman–Crippen MR) is 185 cm³/mol. The van der Waals surface area contributed by atoms with Gasteiger partial charge < -0.3 is 19.7 Å². The highest BCUT2D eigenvalue weighted by molar-refractivity contribution is 5.99. The van der Waals surface area contributed by atoms with Crippen LogP contribution in [0.1, 0.15) is 73.6 Å². The Labute approximate surface area is 281 Å². The summed E-state index contributed by atoms with van der Waals surface area (Å²) in [5, 5.41) is 10.8. The monoisotopic (exact) mass is 649 g/mol. The van der Waals surface area contributed by atoms with Crippen molar-refractivity contribution < 1.29 is 23.9 Å². The molecule has 2 fully saturated rings. The summed E-state index contributed by atoms with van der Waals surface area (Å²) in [6.07, 6.45) is 4.21. The third-order valence-corrected chi connectivity index (χ3v) is 9.23. The number of carbonyl (C=O) groups excluding carboxylic acids is 3. The first-order chi connectivity index (χ1) is 23.0. The maximum Gasteiger partial charge on any atom is 0.415 e. The molecule has 2 aliphatic rings. The van der Waals surface area contributed by atoms with Crippen LogP contribution in [-0.4, -0.2) is 52.0 Å². The standard InChI is InChI=1S/C38H43N5O5/c1-24-9-13-29(14-10-24)43-34(23-33(41-43)38(2,3)4)40-36(45)39-28-8-6-7-25(20-28)19-26-21-30-15-16-31(22-26)42(30)37(46)48-32-17-11-27(12-18-32)35(44)47-5/h6-14,17-18,20,23,26,30-31H,15-16,19,21-22H2,1-5H3,(H2,39,40,45). The van der Waals surface area contributed by atoms with Crippen molar-refractivity contribution in [3.63, 3.8) is 0 Å². The first kappa shape index (κ1) is 32.8. The third-order valence-electron chi connectivity index (χ3n) is 9.23. The van der Waals surface area contributed by atoms with E-state index in [1.54, 1.807) is 28.9 Å². The second kappa shape index (κ2) is 13.5. The number of aryl methyl sites for hydroxylation is 1. The van der Waals surface area contributed by atoms with E-state index in [0.29, 0.717) is 28.7 Å². The van der Waals surface area contributed by atoms with Crippen molar-refractivity contribution in [2.24, 2.45) is 5.92 Å². The lowest BCUT2D eigenvalue weighted by Crippen LogP contribution is -2.48. The van der Waals surface area contributed by atoms with Gasteiger partial charge >= 0.3 is 18.1 Å². The van der Waals surface area contributed by atoms with E-state index in [2.05, 4.69) is 37.5 Å². The van der Waals surface area contributed by atoms with Gasteiger partial charge in [-0.05, 0) is 99.0 Å². The molecule has 3 aromatic carbocycles. The summed E-state index contributed by atoms with van der Waals surface area (Å²) in [7, 11) is 1.33. The number of urea groups is 1. The van der Waals surface area contributed by atoms with Crippen molar-refractivity contribution in [3.05, 3.63) is 101 Å². The van der Waals surface area contributed by atoms with Crippen LogP contribution < -0.4 is 15.4 Å². The number of fused-ring (bicyclic) bond motifs is 2. The van der Waals surface area contributed by atoms with Crippen molar-refractivity contribution in [1.82, 2.24) is 14.7 Å². The van der Waals surface area contributed by atoms with Gasteiger partial charge in [0.1, 0.15) is 11.6 Å². The Morgan fingerprint density at radius 3 is 2.23 bits per heavy atom. The Morgan fingerprint density at radius 1 is 0.896 bits per heavy atom. The van der Waals surface area contributed by atoms with Crippen molar-refractivity contribution in [1.29, 1.82) is 0 Å². The van der Waals surface area contributed by atoms with Gasteiger partial charge in [-0.1, -0.05) is 50.6 Å². The number of hydrogen-bond acceptors (Lipinski definition) is 6. The SMILES string of the molecule is COC(=O)c1ccc(OC(=O)N2C3CCC2CC(Cc2cccc(NC(=O)Nc4cc(C(C)(C)C)nn4-c4ccc(C)cc4)c2)C3)cc1. The molecule has 2 bridgehead atoms. The molecule has 250 valence electrons. The zero-order chi connectivity index (χ0) is 34.0. The molecule has 0 saturated carbocycles. The van der Waals surface area contributed by atoms with Crippen LogP contribution in [0.5, 0.6) is 5.75 Å². The Bertz CT molecular complexity index is 1780. The molecule has 2 aliphatic heterocycles. The van der Waals surface area contributed by atoms with E-state index in [9.17, 15) is 14.4 Å². The fourth-order valence-corrected chi connectivity index (χ4v) is 6.79. The van der Waals surface area contributed by atoms with E-state index in [0.717, 1.165) is 54.6 Å². The quantitative estimate of drug-likeness (QED) is 0.197. The molecule has 10 heteroatoms. The highest BCUT2D eigenvalue weighted by Crippen LogP contribution is 2.40. The molecule has 2 saturated heterocycles. The number of piperidine rings is 1. The molecule has 1 aromatic heterocycles. The molecule has 0 aliphatic carbocycles. The number of rotatable bonds is 7. The molecule has 0 radical (unpaired) electrons. The summed E-state index contributed by atoms with van der Waals surface area (Å²) < 4.78 is 12.2. The van der Waals surface area contributed by atoms with Crippen molar-refractivity contribution >= 4 is 29.6 Å². The Balaban J connectivity index is 1.07. The van der Waals surface area contributed by atoms with E-state index in [-0.39, 0.29) is 29.6 Å². The van der Waals surface area contributed by atoms with E-state index in [1.165, 1.54) is 7.11 Å². The van der Waals surface area contributed by atoms with Crippen LogP contribution in [0.25, 0.3) is 5.69 Å².